The van der Waals surface area contributed by atoms with Crippen molar-refractivity contribution in [1.82, 2.24) is 9.80 Å². The third-order valence-corrected chi connectivity index (χ3v) is 5.23. The molecule has 0 heterocycles. The summed E-state index contributed by atoms with van der Waals surface area (Å²) in [5.41, 5.74) is 5.52. The van der Waals surface area contributed by atoms with Crippen LogP contribution in [-0.4, -0.2) is 22.9 Å². The Morgan fingerprint density at radius 2 is 0.714 bits per heavy atom. The van der Waals surface area contributed by atoms with E-state index in [1.807, 2.05) is 0 Å². The average Bonchev–Trinajstić information content (AvgIpc) is 2.75. The van der Waals surface area contributed by atoms with Crippen LogP contribution in [-0.2, 0) is 26.2 Å². The van der Waals surface area contributed by atoms with E-state index < -0.39 is 0 Å². The topological polar surface area (TPSA) is 6.48 Å². The Labute approximate surface area is 170 Å². The van der Waals surface area contributed by atoms with Crippen LogP contribution in [0.3, 0.4) is 0 Å². The molecule has 0 amide bonds. The Morgan fingerprint density at radius 1 is 0.429 bits per heavy atom. The van der Waals surface area contributed by atoms with Gasteiger partial charge in [0, 0.05) is 26.2 Å². The number of hydrogen-bond donors (Lipinski definition) is 0. The molecule has 0 aliphatic carbocycles. The highest BCUT2D eigenvalue weighted by Crippen LogP contribution is 2.14. The molecule has 0 atom stereocenters. The molecule has 3 aromatic rings. The fourth-order valence-corrected chi connectivity index (χ4v) is 3.51. The third kappa shape index (κ3) is 6.33. The van der Waals surface area contributed by atoms with Gasteiger partial charge in [0.1, 0.15) is 0 Å². The first-order valence-corrected chi connectivity index (χ1v) is 10.4. The highest BCUT2D eigenvalue weighted by Gasteiger charge is 2.07. The SMILES string of the molecule is CCN(Cc1ccccc1)Cc1ccc(CN(CC)Cc2ccccc2)cc1. The molecule has 0 aliphatic heterocycles. The van der Waals surface area contributed by atoms with E-state index >= 15 is 0 Å². The van der Waals surface area contributed by atoms with Gasteiger partial charge < -0.3 is 0 Å². The molecular formula is C26H32N2. The molecule has 2 heteroatoms. The summed E-state index contributed by atoms with van der Waals surface area (Å²) >= 11 is 0. The molecule has 0 N–H and O–H groups in total. The second kappa shape index (κ2) is 10.8. The van der Waals surface area contributed by atoms with Gasteiger partial charge in [0.15, 0.2) is 0 Å². The predicted octanol–water partition coefficient (Wildman–Crippen LogP) is 5.73. The first-order chi connectivity index (χ1) is 13.8. The quantitative estimate of drug-likeness (QED) is 0.448. The molecular weight excluding hydrogens is 340 g/mol. The standard InChI is InChI=1S/C26H32N2/c1-3-27(19-23-11-7-5-8-12-23)21-25-15-17-26(18-16-25)22-28(4-2)20-24-13-9-6-10-14-24/h5-18H,3-4,19-22H2,1-2H3. The Hall–Kier alpha value is -2.42. The molecule has 0 saturated carbocycles. The fraction of sp³-hybridized carbons (Fsp3) is 0.308. The van der Waals surface area contributed by atoms with Crippen LogP contribution in [0, 0.1) is 0 Å². The number of rotatable bonds is 10. The van der Waals surface area contributed by atoms with Crippen LogP contribution < -0.4 is 0 Å². The van der Waals surface area contributed by atoms with Gasteiger partial charge in [-0.05, 0) is 35.3 Å². The summed E-state index contributed by atoms with van der Waals surface area (Å²) in [5.74, 6) is 0. The van der Waals surface area contributed by atoms with Crippen molar-refractivity contribution in [3.63, 3.8) is 0 Å². The Morgan fingerprint density at radius 3 is 1.00 bits per heavy atom. The van der Waals surface area contributed by atoms with Gasteiger partial charge in [0.2, 0.25) is 0 Å². The van der Waals surface area contributed by atoms with Crippen LogP contribution >= 0.6 is 0 Å². The Bertz CT molecular complexity index is 726. The van der Waals surface area contributed by atoms with E-state index in [1.165, 1.54) is 22.3 Å². The molecule has 0 aromatic heterocycles. The minimum absolute atomic E-state index is 0.993. The van der Waals surface area contributed by atoms with Crippen molar-refractivity contribution in [2.75, 3.05) is 13.1 Å². The van der Waals surface area contributed by atoms with Gasteiger partial charge in [-0.15, -0.1) is 0 Å². The van der Waals surface area contributed by atoms with E-state index in [-0.39, 0.29) is 0 Å². The van der Waals surface area contributed by atoms with Crippen molar-refractivity contribution in [3.05, 3.63) is 107 Å². The zero-order chi connectivity index (χ0) is 19.6. The zero-order valence-corrected chi connectivity index (χ0v) is 17.2. The lowest BCUT2D eigenvalue weighted by molar-refractivity contribution is 0.269. The normalized spacial score (nSPS) is 11.3. The molecule has 0 aliphatic rings. The number of nitrogens with zero attached hydrogens (tertiary/aromatic N) is 2. The summed E-state index contributed by atoms with van der Waals surface area (Å²) in [5, 5.41) is 0. The minimum atomic E-state index is 0.993. The van der Waals surface area contributed by atoms with Crippen molar-refractivity contribution in [2.24, 2.45) is 0 Å². The second-order valence-corrected chi connectivity index (χ2v) is 7.39. The van der Waals surface area contributed by atoms with E-state index in [0.29, 0.717) is 0 Å². The van der Waals surface area contributed by atoms with Crippen LogP contribution in [0.15, 0.2) is 84.9 Å². The van der Waals surface area contributed by atoms with Gasteiger partial charge >= 0.3 is 0 Å². The smallest absolute Gasteiger partial charge is 0.0237 e. The monoisotopic (exact) mass is 372 g/mol. The van der Waals surface area contributed by atoms with Gasteiger partial charge in [-0.3, -0.25) is 9.80 Å². The molecule has 0 fully saturated rings. The molecule has 2 nitrogen and oxygen atoms in total. The molecule has 28 heavy (non-hydrogen) atoms. The van der Waals surface area contributed by atoms with E-state index in [1.54, 1.807) is 0 Å². The van der Waals surface area contributed by atoms with E-state index in [4.69, 9.17) is 0 Å². The summed E-state index contributed by atoms with van der Waals surface area (Å²) < 4.78 is 0. The number of hydrogen-bond acceptors (Lipinski definition) is 2. The van der Waals surface area contributed by atoms with Crippen molar-refractivity contribution in [3.8, 4) is 0 Å². The van der Waals surface area contributed by atoms with Crippen LogP contribution in [0.1, 0.15) is 36.1 Å². The summed E-state index contributed by atoms with van der Waals surface area (Å²) in [7, 11) is 0. The predicted molar refractivity (Wildman–Crippen MR) is 119 cm³/mol. The second-order valence-electron chi connectivity index (χ2n) is 7.39. The Balaban J connectivity index is 1.56. The van der Waals surface area contributed by atoms with Crippen LogP contribution in [0.25, 0.3) is 0 Å². The Kier molecular flexibility index (Phi) is 7.83. The average molecular weight is 373 g/mol. The highest BCUT2D eigenvalue weighted by molar-refractivity contribution is 5.23. The zero-order valence-electron chi connectivity index (χ0n) is 17.2. The summed E-state index contributed by atoms with van der Waals surface area (Å²) in [6, 6.07) is 30.6. The highest BCUT2D eigenvalue weighted by atomic mass is 15.1. The van der Waals surface area contributed by atoms with Crippen molar-refractivity contribution in [2.45, 2.75) is 40.0 Å². The lowest BCUT2D eigenvalue weighted by atomic mass is 10.1. The summed E-state index contributed by atoms with van der Waals surface area (Å²) in [6.07, 6.45) is 0. The van der Waals surface area contributed by atoms with Gasteiger partial charge in [-0.25, -0.2) is 0 Å². The molecule has 0 saturated heterocycles. The van der Waals surface area contributed by atoms with Gasteiger partial charge in [0.25, 0.3) is 0 Å². The van der Waals surface area contributed by atoms with E-state index in [0.717, 1.165) is 39.3 Å². The number of benzene rings is 3. The summed E-state index contributed by atoms with van der Waals surface area (Å²) in [4.78, 5) is 4.97. The van der Waals surface area contributed by atoms with E-state index in [9.17, 15) is 0 Å². The van der Waals surface area contributed by atoms with Gasteiger partial charge in [-0.2, -0.15) is 0 Å². The lowest BCUT2D eigenvalue weighted by Gasteiger charge is -2.22. The van der Waals surface area contributed by atoms with E-state index in [2.05, 4.69) is 109 Å². The maximum absolute atomic E-state index is 2.48. The van der Waals surface area contributed by atoms with Crippen LogP contribution in [0.4, 0.5) is 0 Å². The minimum Gasteiger partial charge on any atom is -0.295 e. The molecule has 0 spiro atoms. The lowest BCUT2D eigenvalue weighted by Crippen LogP contribution is -2.23. The van der Waals surface area contributed by atoms with Gasteiger partial charge in [0.05, 0.1) is 0 Å². The van der Waals surface area contributed by atoms with Crippen LogP contribution in [0.5, 0.6) is 0 Å². The van der Waals surface area contributed by atoms with Crippen LogP contribution in [0.2, 0.25) is 0 Å². The molecule has 3 rings (SSSR count). The first kappa shape index (κ1) is 20.3. The molecule has 0 radical (unpaired) electrons. The molecule has 0 unspecified atom stereocenters. The van der Waals surface area contributed by atoms with Crippen molar-refractivity contribution in [1.29, 1.82) is 0 Å². The maximum Gasteiger partial charge on any atom is 0.0237 e. The van der Waals surface area contributed by atoms with Crippen molar-refractivity contribution >= 4 is 0 Å². The summed E-state index contributed by atoms with van der Waals surface area (Å²) in [6.45, 7) is 10.6. The molecule has 0 bridgehead atoms. The largest absolute Gasteiger partial charge is 0.295 e. The third-order valence-electron chi connectivity index (χ3n) is 5.23. The molecule has 146 valence electrons. The van der Waals surface area contributed by atoms with Crippen molar-refractivity contribution < 1.29 is 0 Å². The molecule has 3 aromatic carbocycles. The first-order valence-electron chi connectivity index (χ1n) is 10.4. The van der Waals surface area contributed by atoms with Gasteiger partial charge in [-0.1, -0.05) is 98.8 Å². The maximum atomic E-state index is 2.48. The fourth-order valence-electron chi connectivity index (χ4n) is 3.51.